The molecule has 0 spiro atoms. The number of hydrogen-bond acceptors (Lipinski definition) is 3. The smallest absolute Gasteiger partial charge is 0.471 e. The molecule has 0 aromatic carbocycles. The maximum atomic E-state index is 12.3. The third kappa shape index (κ3) is 6.77. The van der Waals surface area contributed by atoms with E-state index < -0.39 is 42.0 Å². The topological polar surface area (TPSA) is 95.5 Å². The summed E-state index contributed by atoms with van der Waals surface area (Å²) in [7, 11) is 0. The van der Waals surface area contributed by atoms with E-state index in [0.29, 0.717) is 0 Å². The third-order valence-electron chi connectivity index (χ3n) is 2.81. The summed E-state index contributed by atoms with van der Waals surface area (Å²) in [5.74, 6) is -5.16. The van der Waals surface area contributed by atoms with E-state index in [1.165, 1.54) is 13.8 Å². The van der Waals surface area contributed by atoms with Crippen LogP contribution in [0.2, 0.25) is 0 Å². The minimum absolute atomic E-state index is 0.0383. The minimum Gasteiger partial charge on any atom is -0.480 e. The molecule has 2 atom stereocenters. The number of halogens is 3. The summed E-state index contributed by atoms with van der Waals surface area (Å²) in [5, 5.41) is 12.8. The maximum Gasteiger partial charge on any atom is 0.471 e. The molecular weight excluding hydrogens is 305 g/mol. The zero-order valence-electron chi connectivity index (χ0n) is 12.8. The molecule has 3 N–H and O–H groups in total. The molecule has 0 heterocycles. The second-order valence-corrected chi connectivity index (χ2v) is 5.72. The van der Waals surface area contributed by atoms with Gasteiger partial charge < -0.3 is 15.7 Å². The van der Waals surface area contributed by atoms with Crippen LogP contribution in [0.4, 0.5) is 13.2 Å². The summed E-state index contributed by atoms with van der Waals surface area (Å²) in [6.45, 7) is 6.37. The Labute approximate surface area is 126 Å². The van der Waals surface area contributed by atoms with E-state index in [9.17, 15) is 27.6 Å². The van der Waals surface area contributed by atoms with Crippen molar-refractivity contribution in [3.63, 3.8) is 0 Å². The molecule has 2 amide bonds. The maximum absolute atomic E-state index is 12.3. The van der Waals surface area contributed by atoms with E-state index in [2.05, 4.69) is 5.32 Å². The van der Waals surface area contributed by atoms with E-state index in [1.54, 1.807) is 19.2 Å². The van der Waals surface area contributed by atoms with E-state index in [1.807, 2.05) is 0 Å². The Balaban J connectivity index is 4.99. The lowest BCUT2D eigenvalue weighted by molar-refractivity contribution is -0.175. The van der Waals surface area contributed by atoms with Gasteiger partial charge in [0, 0.05) is 0 Å². The normalized spacial score (nSPS) is 14.6. The zero-order chi connectivity index (χ0) is 17.7. The molecule has 0 unspecified atom stereocenters. The van der Waals surface area contributed by atoms with Gasteiger partial charge >= 0.3 is 18.1 Å². The number of alkyl halides is 3. The van der Waals surface area contributed by atoms with Crippen LogP contribution in [-0.4, -0.2) is 41.2 Å². The summed E-state index contributed by atoms with van der Waals surface area (Å²) in [6.07, 6.45) is -4.99. The molecule has 128 valence electrons. The van der Waals surface area contributed by atoms with E-state index in [-0.39, 0.29) is 12.3 Å². The number of carbonyl (C=O) groups excluding carboxylic acids is 2. The lowest BCUT2D eigenvalue weighted by Crippen LogP contribution is -2.56. The number of rotatable bonds is 7. The molecule has 0 saturated carbocycles. The predicted molar refractivity (Wildman–Crippen MR) is 71.8 cm³/mol. The zero-order valence-corrected chi connectivity index (χ0v) is 12.8. The van der Waals surface area contributed by atoms with Gasteiger partial charge in [0.05, 0.1) is 0 Å². The Hall–Kier alpha value is -1.80. The van der Waals surface area contributed by atoms with Crippen molar-refractivity contribution in [2.24, 2.45) is 11.8 Å². The number of amides is 2. The third-order valence-corrected chi connectivity index (χ3v) is 2.81. The molecule has 22 heavy (non-hydrogen) atoms. The fourth-order valence-electron chi connectivity index (χ4n) is 1.71. The number of carboxylic acids is 1. The summed E-state index contributed by atoms with van der Waals surface area (Å²) >= 11 is 0. The molecule has 0 aliphatic heterocycles. The first-order valence-corrected chi connectivity index (χ1v) is 6.77. The molecule has 6 nitrogen and oxygen atoms in total. The summed E-state index contributed by atoms with van der Waals surface area (Å²) < 4.78 is 36.8. The summed E-state index contributed by atoms with van der Waals surface area (Å²) in [6, 6.07) is -2.69. The molecule has 0 aromatic rings. The van der Waals surface area contributed by atoms with Gasteiger partial charge in [-0.1, -0.05) is 27.7 Å². The SMILES string of the molecule is CC(C)C[C@H](NC(=O)[C@@H](NC(=O)C(F)(F)F)C(C)C)C(=O)O. The minimum atomic E-state index is -5.11. The van der Waals surface area contributed by atoms with E-state index in [4.69, 9.17) is 5.11 Å². The van der Waals surface area contributed by atoms with Crippen molar-refractivity contribution >= 4 is 17.8 Å². The van der Waals surface area contributed by atoms with Crippen molar-refractivity contribution < 1.29 is 32.7 Å². The lowest BCUT2D eigenvalue weighted by Gasteiger charge is -2.25. The van der Waals surface area contributed by atoms with Crippen LogP contribution in [-0.2, 0) is 14.4 Å². The molecule has 0 saturated heterocycles. The highest BCUT2D eigenvalue weighted by molar-refractivity contribution is 5.92. The van der Waals surface area contributed by atoms with Crippen molar-refractivity contribution in [2.45, 2.75) is 52.4 Å². The highest BCUT2D eigenvalue weighted by Gasteiger charge is 2.41. The second-order valence-electron chi connectivity index (χ2n) is 5.72. The number of carbonyl (C=O) groups is 3. The van der Waals surface area contributed by atoms with Crippen LogP contribution >= 0.6 is 0 Å². The molecule has 0 aromatic heterocycles. The summed E-state index contributed by atoms with van der Waals surface area (Å²) in [5.41, 5.74) is 0. The number of carboxylic acid groups (broad SMARTS) is 1. The number of nitrogens with one attached hydrogen (secondary N) is 2. The van der Waals surface area contributed by atoms with Gasteiger partial charge in [0.25, 0.3) is 0 Å². The largest absolute Gasteiger partial charge is 0.480 e. The first-order chi connectivity index (χ1) is 9.86. The van der Waals surface area contributed by atoms with Gasteiger partial charge in [0.2, 0.25) is 5.91 Å². The number of aliphatic carboxylic acids is 1. The van der Waals surface area contributed by atoms with Gasteiger partial charge in [0.15, 0.2) is 0 Å². The molecule has 0 rings (SSSR count). The van der Waals surface area contributed by atoms with Crippen LogP contribution in [0.3, 0.4) is 0 Å². The van der Waals surface area contributed by atoms with Crippen molar-refractivity contribution in [1.82, 2.24) is 10.6 Å². The standard InChI is InChI=1S/C13H21F3N2O4/c1-6(2)5-8(11(20)21)17-10(19)9(7(3)4)18-12(22)13(14,15)16/h6-9H,5H2,1-4H3,(H,17,19)(H,18,22)(H,20,21)/t8-,9-/m0/s1. The van der Waals surface area contributed by atoms with Crippen LogP contribution in [0, 0.1) is 11.8 Å². The van der Waals surface area contributed by atoms with Gasteiger partial charge in [-0.25, -0.2) is 4.79 Å². The molecule has 0 bridgehead atoms. The molecule has 0 aliphatic carbocycles. The van der Waals surface area contributed by atoms with Crippen LogP contribution in [0.15, 0.2) is 0 Å². The van der Waals surface area contributed by atoms with Crippen molar-refractivity contribution in [3.8, 4) is 0 Å². The molecular formula is C13H21F3N2O4. The molecule has 0 aliphatic rings. The molecule has 9 heteroatoms. The highest BCUT2D eigenvalue weighted by Crippen LogP contribution is 2.16. The monoisotopic (exact) mass is 326 g/mol. The van der Waals surface area contributed by atoms with E-state index in [0.717, 1.165) is 0 Å². The lowest BCUT2D eigenvalue weighted by atomic mass is 10.0. The average Bonchev–Trinajstić information content (AvgIpc) is 2.32. The van der Waals surface area contributed by atoms with Crippen molar-refractivity contribution in [3.05, 3.63) is 0 Å². The van der Waals surface area contributed by atoms with Gasteiger partial charge in [-0.15, -0.1) is 0 Å². The first-order valence-electron chi connectivity index (χ1n) is 6.77. The first kappa shape index (κ1) is 20.2. The van der Waals surface area contributed by atoms with Gasteiger partial charge in [-0.3, -0.25) is 9.59 Å². The highest BCUT2D eigenvalue weighted by atomic mass is 19.4. The molecule has 0 fully saturated rings. The van der Waals surface area contributed by atoms with E-state index >= 15 is 0 Å². The Morgan fingerprint density at radius 1 is 1.05 bits per heavy atom. The predicted octanol–water partition coefficient (Wildman–Crippen LogP) is 1.30. The van der Waals surface area contributed by atoms with Gasteiger partial charge in [-0.05, 0) is 18.3 Å². The molecule has 0 radical (unpaired) electrons. The van der Waals surface area contributed by atoms with Gasteiger partial charge in [0.1, 0.15) is 12.1 Å². The fourth-order valence-corrected chi connectivity index (χ4v) is 1.71. The Kier molecular flexibility index (Phi) is 7.34. The van der Waals surface area contributed by atoms with Crippen molar-refractivity contribution in [2.75, 3.05) is 0 Å². The fraction of sp³-hybridized carbons (Fsp3) is 0.769. The summed E-state index contributed by atoms with van der Waals surface area (Å²) in [4.78, 5) is 34.0. The van der Waals surface area contributed by atoms with Crippen LogP contribution in [0.5, 0.6) is 0 Å². The average molecular weight is 326 g/mol. The number of hydrogen-bond donors (Lipinski definition) is 3. The van der Waals surface area contributed by atoms with Crippen LogP contribution < -0.4 is 10.6 Å². The Morgan fingerprint density at radius 2 is 1.55 bits per heavy atom. The Morgan fingerprint density at radius 3 is 1.86 bits per heavy atom. The quantitative estimate of drug-likeness (QED) is 0.657. The second kappa shape index (κ2) is 8.00. The van der Waals surface area contributed by atoms with Gasteiger partial charge in [-0.2, -0.15) is 13.2 Å². The van der Waals surface area contributed by atoms with Crippen LogP contribution in [0.25, 0.3) is 0 Å². The van der Waals surface area contributed by atoms with Crippen LogP contribution in [0.1, 0.15) is 34.1 Å². The van der Waals surface area contributed by atoms with Crippen molar-refractivity contribution in [1.29, 1.82) is 0 Å². The Bertz CT molecular complexity index is 422.